The standard InChI is InChI=1S/C22H28F3N7O/c1-15-10-16(2)32(29-15)13-19-27-28-21(30(3)12-18-4-5-18)31(19)9-8-17-6-7-20(26-11-17)33-14-22(23,24)25/h6-7,10-11,18H,4-5,8-9,12-14H2,1-3H3. The molecule has 4 rings (SSSR count). The highest BCUT2D eigenvalue weighted by atomic mass is 19.4. The smallest absolute Gasteiger partial charge is 0.422 e. The molecule has 1 saturated carbocycles. The molecule has 0 aliphatic heterocycles. The van der Waals surface area contributed by atoms with Crippen LogP contribution < -0.4 is 9.64 Å². The second-order valence-corrected chi connectivity index (χ2v) is 8.64. The molecule has 0 radical (unpaired) electrons. The molecule has 0 spiro atoms. The summed E-state index contributed by atoms with van der Waals surface area (Å²) in [7, 11) is 2.03. The summed E-state index contributed by atoms with van der Waals surface area (Å²) in [5, 5.41) is 13.5. The summed E-state index contributed by atoms with van der Waals surface area (Å²) >= 11 is 0. The van der Waals surface area contributed by atoms with Crippen molar-refractivity contribution in [3.8, 4) is 5.88 Å². The molecule has 0 aromatic carbocycles. The lowest BCUT2D eigenvalue weighted by molar-refractivity contribution is -0.154. The van der Waals surface area contributed by atoms with Crippen LogP contribution in [-0.4, -0.2) is 55.9 Å². The lowest BCUT2D eigenvalue weighted by Gasteiger charge is -2.20. The van der Waals surface area contributed by atoms with Gasteiger partial charge in [-0.25, -0.2) is 4.98 Å². The van der Waals surface area contributed by atoms with E-state index >= 15 is 0 Å². The molecule has 3 aromatic rings. The molecule has 0 saturated heterocycles. The zero-order valence-corrected chi connectivity index (χ0v) is 19.0. The number of halogens is 3. The molecular weight excluding hydrogens is 435 g/mol. The fourth-order valence-electron chi connectivity index (χ4n) is 3.73. The first-order chi connectivity index (χ1) is 15.7. The molecule has 0 amide bonds. The minimum atomic E-state index is -4.39. The SMILES string of the molecule is Cc1cc(C)n(Cc2nnc(N(C)CC3CC3)n2CCc2ccc(OCC(F)(F)F)nc2)n1. The van der Waals surface area contributed by atoms with Crippen molar-refractivity contribution in [2.75, 3.05) is 25.1 Å². The first kappa shape index (κ1) is 23.1. The summed E-state index contributed by atoms with van der Waals surface area (Å²) in [6.07, 6.45) is 0.264. The van der Waals surface area contributed by atoms with Gasteiger partial charge in [-0.1, -0.05) is 6.07 Å². The lowest BCUT2D eigenvalue weighted by atomic mass is 10.2. The van der Waals surface area contributed by atoms with Gasteiger partial charge in [0.2, 0.25) is 11.8 Å². The van der Waals surface area contributed by atoms with E-state index in [9.17, 15) is 13.2 Å². The van der Waals surface area contributed by atoms with E-state index in [2.05, 4.69) is 29.7 Å². The van der Waals surface area contributed by atoms with Crippen LogP contribution in [0.2, 0.25) is 0 Å². The predicted molar refractivity (Wildman–Crippen MR) is 116 cm³/mol. The number of hydrogen-bond donors (Lipinski definition) is 0. The highest BCUT2D eigenvalue weighted by molar-refractivity contribution is 5.31. The molecule has 3 heterocycles. The van der Waals surface area contributed by atoms with Gasteiger partial charge in [-0.2, -0.15) is 18.3 Å². The van der Waals surface area contributed by atoms with Gasteiger partial charge >= 0.3 is 6.18 Å². The van der Waals surface area contributed by atoms with E-state index < -0.39 is 12.8 Å². The van der Waals surface area contributed by atoms with E-state index in [1.165, 1.54) is 18.9 Å². The Labute approximate surface area is 190 Å². The first-order valence-corrected chi connectivity index (χ1v) is 11.0. The Hall–Kier alpha value is -3.11. The van der Waals surface area contributed by atoms with Gasteiger partial charge in [-0.15, -0.1) is 10.2 Å². The number of anilines is 1. The predicted octanol–water partition coefficient (Wildman–Crippen LogP) is 3.56. The molecule has 178 valence electrons. The minimum absolute atomic E-state index is 0.0459. The highest BCUT2D eigenvalue weighted by Crippen LogP contribution is 2.30. The van der Waals surface area contributed by atoms with Crippen molar-refractivity contribution >= 4 is 5.95 Å². The molecule has 0 N–H and O–H groups in total. The molecule has 1 fully saturated rings. The zero-order valence-electron chi connectivity index (χ0n) is 19.0. The number of alkyl halides is 3. The monoisotopic (exact) mass is 463 g/mol. The third-order valence-electron chi connectivity index (χ3n) is 5.58. The number of aryl methyl sites for hydroxylation is 3. The molecule has 0 atom stereocenters. The fraction of sp³-hybridized carbons (Fsp3) is 0.545. The normalized spacial score (nSPS) is 14.0. The van der Waals surface area contributed by atoms with Crippen LogP contribution in [0, 0.1) is 19.8 Å². The molecule has 0 bridgehead atoms. The number of ether oxygens (including phenoxy) is 1. The van der Waals surface area contributed by atoms with Crippen LogP contribution in [0.4, 0.5) is 19.1 Å². The van der Waals surface area contributed by atoms with Gasteiger partial charge in [0.25, 0.3) is 0 Å². The van der Waals surface area contributed by atoms with Gasteiger partial charge in [0.05, 0.1) is 5.69 Å². The van der Waals surface area contributed by atoms with Crippen molar-refractivity contribution in [2.24, 2.45) is 5.92 Å². The van der Waals surface area contributed by atoms with Gasteiger partial charge in [-0.3, -0.25) is 9.25 Å². The summed E-state index contributed by atoms with van der Waals surface area (Å²) in [5.41, 5.74) is 2.88. The number of nitrogens with zero attached hydrogens (tertiary/aromatic N) is 7. The molecule has 8 nitrogen and oxygen atoms in total. The van der Waals surface area contributed by atoms with Crippen LogP contribution >= 0.6 is 0 Å². The molecule has 33 heavy (non-hydrogen) atoms. The molecule has 1 aliphatic carbocycles. The first-order valence-electron chi connectivity index (χ1n) is 11.0. The molecule has 11 heteroatoms. The van der Waals surface area contributed by atoms with E-state index in [1.54, 1.807) is 12.3 Å². The van der Waals surface area contributed by atoms with Gasteiger partial charge in [-0.05, 0) is 50.7 Å². The second-order valence-electron chi connectivity index (χ2n) is 8.64. The van der Waals surface area contributed by atoms with Crippen LogP contribution in [-0.2, 0) is 19.5 Å². The zero-order chi connectivity index (χ0) is 23.6. The van der Waals surface area contributed by atoms with Crippen molar-refractivity contribution in [3.63, 3.8) is 0 Å². The molecule has 1 aliphatic rings. The average molecular weight is 464 g/mol. The van der Waals surface area contributed by atoms with Gasteiger partial charge in [0.15, 0.2) is 12.4 Å². The van der Waals surface area contributed by atoms with E-state index in [0.717, 1.165) is 35.3 Å². The maximum atomic E-state index is 12.3. The van der Waals surface area contributed by atoms with Crippen molar-refractivity contribution in [1.29, 1.82) is 0 Å². The number of rotatable bonds is 10. The summed E-state index contributed by atoms with van der Waals surface area (Å²) in [6, 6.07) is 5.22. The van der Waals surface area contributed by atoms with Crippen molar-refractivity contribution in [3.05, 3.63) is 47.2 Å². The van der Waals surface area contributed by atoms with Crippen LogP contribution in [0.1, 0.15) is 35.6 Å². The van der Waals surface area contributed by atoms with Gasteiger partial charge in [0.1, 0.15) is 6.54 Å². The maximum Gasteiger partial charge on any atom is 0.422 e. The Morgan fingerprint density at radius 2 is 1.97 bits per heavy atom. The number of pyridine rings is 1. The summed E-state index contributed by atoms with van der Waals surface area (Å²) < 4.78 is 45.7. The fourth-order valence-corrected chi connectivity index (χ4v) is 3.73. The quantitative estimate of drug-likeness (QED) is 0.458. The van der Waals surface area contributed by atoms with Crippen molar-refractivity contribution < 1.29 is 17.9 Å². The number of hydrogen-bond acceptors (Lipinski definition) is 6. The minimum Gasteiger partial charge on any atom is -0.468 e. The van der Waals surface area contributed by atoms with Crippen molar-refractivity contribution in [2.45, 2.75) is 52.4 Å². The van der Waals surface area contributed by atoms with Crippen LogP contribution in [0.15, 0.2) is 24.4 Å². The summed E-state index contributed by atoms with van der Waals surface area (Å²) in [4.78, 5) is 6.14. The van der Waals surface area contributed by atoms with Crippen LogP contribution in [0.25, 0.3) is 0 Å². The van der Waals surface area contributed by atoms with Gasteiger partial charge in [0, 0.05) is 38.1 Å². The second kappa shape index (κ2) is 9.40. The Morgan fingerprint density at radius 1 is 1.18 bits per heavy atom. The molecule has 0 unspecified atom stereocenters. The van der Waals surface area contributed by atoms with Crippen molar-refractivity contribution in [1.82, 2.24) is 29.5 Å². The Morgan fingerprint density at radius 3 is 2.58 bits per heavy atom. The molecule has 3 aromatic heterocycles. The Balaban J connectivity index is 1.48. The lowest BCUT2D eigenvalue weighted by Crippen LogP contribution is -2.25. The largest absolute Gasteiger partial charge is 0.468 e. The summed E-state index contributed by atoms with van der Waals surface area (Å²) in [6.45, 7) is 4.66. The Bertz CT molecular complexity index is 1070. The van der Waals surface area contributed by atoms with E-state index in [1.807, 2.05) is 31.6 Å². The third kappa shape index (κ3) is 6.23. The van der Waals surface area contributed by atoms with Gasteiger partial charge < -0.3 is 9.64 Å². The van der Waals surface area contributed by atoms with E-state index in [4.69, 9.17) is 4.74 Å². The third-order valence-corrected chi connectivity index (χ3v) is 5.58. The van der Waals surface area contributed by atoms with Crippen LogP contribution in [0.5, 0.6) is 5.88 Å². The van der Waals surface area contributed by atoms with Crippen LogP contribution in [0.3, 0.4) is 0 Å². The van der Waals surface area contributed by atoms with E-state index in [-0.39, 0.29) is 5.88 Å². The molecular formula is C22H28F3N7O. The Kier molecular flexibility index (Phi) is 6.57. The topological polar surface area (TPSA) is 73.9 Å². The summed E-state index contributed by atoms with van der Waals surface area (Å²) in [5.74, 6) is 2.26. The number of aromatic nitrogens is 6. The highest BCUT2D eigenvalue weighted by Gasteiger charge is 2.28. The maximum absolute atomic E-state index is 12.3. The van der Waals surface area contributed by atoms with E-state index in [0.29, 0.717) is 25.4 Å². The average Bonchev–Trinajstić information content (AvgIpc) is 3.38.